The first-order valence-corrected chi connectivity index (χ1v) is 8.15. The van der Waals surface area contributed by atoms with E-state index in [9.17, 15) is 0 Å². The number of nitrogens with one attached hydrogen (secondary N) is 1. The summed E-state index contributed by atoms with van der Waals surface area (Å²) in [4.78, 5) is 0. The Morgan fingerprint density at radius 3 is 2.61 bits per heavy atom. The molecule has 1 N–H and O–H groups in total. The summed E-state index contributed by atoms with van der Waals surface area (Å²) in [6, 6.07) is 0.757. The second kappa shape index (κ2) is 8.16. The Hall–Kier alpha value is -0.0800. The summed E-state index contributed by atoms with van der Waals surface area (Å²) in [5, 5.41) is 3.66. The van der Waals surface area contributed by atoms with Crippen LogP contribution in [0.25, 0.3) is 0 Å². The summed E-state index contributed by atoms with van der Waals surface area (Å²) in [6.07, 6.45) is 12.6. The van der Waals surface area contributed by atoms with Crippen molar-refractivity contribution in [1.29, 1.82) is 0 Å². The Balaban J connectivity index is 1.45. The van der Waals surface area contributed by atoms with Crippen LogP contribution in [0.1, 0.15) is 64.7 Å². The molecule has 0 aliphatic heterocycles. The van der Waals surface area contributed by atoms with Crippen LogP contribution in [0, 0.1) is 11.8 Å². The minimum absolute atomic E-state index is 0.757. The molecule has 0 heterocycles. The zero-order valence-electron chi connectivity index (χ0n) is 12.1. The smallest absolute Gasteiger partial charge is 0.0591 e. The van der Waals surface area contributed by atoms with E-state index < -0.39 is 0 Å². The molecule has 2 saturated carbocycles. The SMILES string of the molecule is CC1CCCC(NCCOCC2CCCCC2)C1. The molecule has 0 aromatic rings. The van der Waals surface area contributed by atoms with Gasteiger partial charge >= 0.3 is 0 Å². The Morgan fingerprint density at radius 1 is 1.00 bits per heavy atom. The third-order valence-electron chi connectivity index (χ3n) is 4.69. The maximum Gasteiger partial charge on any atom is 0.0591 e. The fraction of sp³-hybridized carbons (Fsp3) is 1.00. The average Bonchev–Trinajstić information content (AvgIpc) is 2.40. The molecule has 0 radical (unpaired) electrons. The van der Waals surface area contributed by atoms with Gasteiger partial charge in [0.15, 0.2) is 0 Å². The fourth-order valence-corrected chi connectivity index (χ4v) is 3.56. The molecule has 2 aliphatic rings. The number of ether oxygens (including phenoxy) is 1. The van der Waals surface area contributed by atoms with Crippen molar-refractivity contribution in [2.24, 2.45) is 11.8 Å². The summed E-state index contributed by atoms with van der Waals surface area (Å²) in [6.45, 7) is 5.33. The molecule has 2 unspecified atom stereocenters. The highest BCUT2D eigenvalue weighted by Gasteiger charge is 2.18. The third kappa shape index (κ3) is 5.27. The van der Waals surface area contributed by atoms with E-state index in [2.05, 4.69) is 12.2 Å². The largest absolute Gasteiger partial charge is 0.380 e. The number of hydrogen-bond acceptors (Lipinski definition) is 2. The van der Waals surface area contributed by atoms with Gasteiger partial charge in [0, 0.05) is 19.2 Å². The summed E-state index contributed by atoms with van der Waals surface area (Å²) >= 11 is 0. The summed E-state index contributed by atoms with van der Waals surface area (Å²) in [7, 11) is 0. The normalized spacial score (nSPS) is 30.5. The van der Waals surface area contributed by atoms with Crippen molar-refractivity contribution in [3.8, 4) is 0 Å². The van der Waals surface area contributed by atoms with Gasteiger partial charge in [-0.1, -0.05) is 39.0 Å². The molecular weight excluding hydrogens is 222 g/mol. The van der Waals surface area contributed by atoms with E-state index in [0.29, 0.717) is 0 Å². The van der Waals surface area contributed by atoms with Gasteiger partial charge in [0.1, 0.15) is 0 Å². The zero-order chi connectivity index (χ0) is 12.6. The third-order valence-corrected chi connectivity index (χ3v) is 4.69. The highest BCUT2D eigenvalue weighted by molar-refractivity contribution is 4.75. The van der Waals surface area contributed by atoms with Gasteiger partial charge in [-0.05, 0) is 37.5 Å². The molecule has 2 atom stereocenters. The summed E-state index contributed by atoms with van der Waals surface area (Å²) < 4.78 is 5.83. The van der Waals surface area contributed by atoms with Crippen molar-refractivity contribution < 1.29 is 4.74 Å². The average molecular weight is 253 g/mol. The van der Waals surface area contributed by atoms with E-state index in [1.54, 1.807) is 0 Å². The molecule has 0 bridgehead atoms. The molecule has 0 saturated heterocycles. The maximum absolute atomic E-state index is 5.83. The van der Waals surface area contributed by atoms with Gasteiger partial charge in [-0.2, -0.15) is 0 Å². The quantitative estimate of drug-likeness (QED) is 0.728. The monoisotopic (exact) mass is 253 g/mol. The van der Waals surface area contributed by atoms with Crippen LogP contribution in [0.3, 0.4) is 0 Å². The molecule has 0 aromatic heterocycles. The van der Waals surface area contributed by atoms with Crippen molar-refractivity contribution in [3.63, 3.8) is 0 Å². The van der Waals surface area contributed by atoms with E-state index in [4.69, 9.17) is 4.74 Å². The lowest BCUT2D eigenvalue weighted by atomic mass is 9.87. The summed E-state index contributed by atoms with van der Waals surface area (Å²) in [5.74, 6) is 1.77. The van der Waals surface area contributed by atoms with Crippen molar-refractivity contribution in [3.05, 3.63) is 0 Å². The van der Waals surface area contributed by atoms with Crippen molar-refractivity contribution in [2.45, 2.75) is 70.8 Å². The van der Waals surface area contributed by atoms with Crippen molar-refractivity contribution in [2.75, 3.05) is 19.8 Å². The molecule has 0 amide bonds. The highest BCUT2D eigenvalue weighted by Crippen LogP contribution is 2.24. The van der Waals surface area contributed by atoms with Gasteiger partial charge in [0.05, 0.1) is 6.61 Å². The number of rotatable bonds is 6. The molecular formula is C16H31NO. The van der Waals surface area contributed by atoms with Gasteiger partial charge in [0.2, 0.25) is 0 Å². The second-order valence-corrected chi connectivity index (χ2v) is 6.50. The molecule has 18 heavy (non-hydrogen) atoms. The van der Waals surface area contributed by atoms with E-state index in [0.717, 1.165) is 37.6 Å². The first kappa shape index (κ1) is 14.3. The van der Waals surface area contributed by atoms with Crippen LogP contribution in [0.5, 0.6) is 0 Å². The van der Waals surface area contributed by atoms with Crippen LogP contribution in [0.2, 0.25) is 0 Å². The molecule has 0 spiro atoms. The lowest BCUT2D eigenvalue weighted by Gasteiger charge is -2.27. The van der Waals surface area contributed by atoms with Gasteiger partial charge < -0.3 is 10.1 Å². The van der Waals surface area contributed by atoms with Gasteiger partial charge in [-0.15, -0.1) is 0 Å². The first-order valence-electron chi connectivity index (χ1n) is 8.15. The van der Waals surface area contributed by atoms with Crippen LogP contribution in [0.4, 0.5) is 0 Å². The van der Waals surface area contributed by atoms with E-state index in [-0.39, 0.29) is 0 Å². The van der Waals surface area contributed by atoms with Gasteiger partial charge in [0.25, 0.3) is 0 Å². The molecule has 0 aromatic carbocycles. The zero-order valence-corrected chi connectivity index (χ0v) is 12.1. The first-order chi connectivity index (χ1) is 8.84. The second-order valence-electron chi connectivity index (χ2n) is 6.50. The van der Waals surface area contributed by atoms with Crippen molar-refractivity contribution in [1.82, 2.24) is 5.32 Å². The molecule has 2 aliphatic carbocycles. The Bertz CT molecular complexity index is 213. The summed E-state index contributed by atoms with van der Waals surface area (Å²) in [5.41, 5.74) is 0. The van der Waals surface area contributed by atoms with Crippen LogP contribution < -0.4 is 5.32 Å². The standard InChI is InChI=1S/C16H31NO/c1-14-6-5-9-16(12-14)17-10-11-18-13-15-7-3-2-4-8-15/h14-17H,2-13H2,1H3. The Labute approximate surface area is 113 Å². The molecule has 2 heteroatoms. The minimum atomic E-state index is 0.757. The minimum Gasteiger partial charge on any atom is -0.380 e. The predicted octanol–water partition coefficient (Wildman–Crippen LogP) is 3.75. The molecule has 2 nitrogen and oxygen atoms in total. The van der Waals surface area contributed by atoms with E-state index in [1.165, 1.54) is 57.8 Å². The van der Waals surface area contributed by atoms with Gasteiger partial charge in [-0.3, -0.25) is 0 Å². The van der Waals surface area contributed by atoms with E-state index in [1.807, 2.05) is 0 Å². The topological polar surface area (TPSA) is 21.3 Å². The highest BCUT2D eigenvalue weighted by atomic mass is 16.5. The Morgan fingerprint density at radius 2 is 1.83 bits per heavy atom. The van der Waals surface area contributed by atoms with Crippen molar-refractivity contribution >= 4 is 0 Å². The maximum atomic E-state index is 5.83. The van der Waals surface area contributed by atoms with Crippen LogP contribution in [-0.2, 0) is 4.74 Å². The predicted molar refractivity (Wildman–Crippen MR) is 76.8 cm³/mol. The van der Waals surface area contributed by atoms with E-state index >= 15 is 0 Å². The fourth-order valence-electron chi connectivity index (χ4n) is 3.56. The lowest BCUT2D eigenvalue weighted by Crippen LogP contribution is -2.35. The Kier molecular flexibility index (Phi) is 6.50. The molecule has 106 valence electrons. The van der Waals surface area contributed by atoms with Crippen LogP contribution in [0.15, 0.2) is 0 Å². The molecule has 2 fully saturated rings. The van der Waals surface area contributed by atoms with Crippen LogP contribution >= 0.6 is 0 Å². The molecule has 2 rings (SSSR count). The number of hydrogen-bond donors (Lipinski definition) is 1. The van der Waals surface area contributed by atoms with Crippen LogP contribution in [-0.4, -0.2) is 25.8 Å². The lowest BCUT2D eigenvalue weighted by molar-refractivity contribution is 0.0843. The van der Waals surface area contributed by atoms with Gasteiger partial charge in [-0.25, -0.2) is 0 Å².